The first-order chi connectivity index (χ1) is 8.70. The van der Waals surface area contributed by atoms with Crippen molar-refractivity contribution in [3.63, 3.8) is 0 Å². The maximum Gasteiger partial charge on any atom is 0.198 e. The van der Waals surface area contributed by atoms with Gasteiger partial charge in [-0.2, -0.15) is 0 Å². The van der Waals surface area contributed by atoms with Crippen molar-refractivity contribution < 1.29 is 4.74 Å². The molecule has 0 aliphatic carbocycles. The topological polar surface area (TPSA) is 47.0 Å². The summed E-state index contributed by atoms with van der Waals surface area (Å²) in [6.07, 6.45) is 2.26. The Morgan fingerprint density at radius 2 is 2.17 bits per heavy atom. The van der Waals surface area contributed by atoms with Crippen molar-refractivity contribution in [3.8, 4) is 5.75 Å². The minimum absolute atomic E-state index is 0.300. The summed E-state index contributed by atoms with van der Waals surface area (Å²) >= 11 is 13.3. The lowest BCUT2D eigenvalue weighted by Crippen LogP contribution is -2.07. The predicted molar refractivity (Wildman–Crippen MR) is 75.1 cm³/mol. The fourth-order valence-electron chi connectivity index (χ4n) is 1.45. The molecule has 0 aliphatic rings. The van der Waals surface area contributed by atoms with E-state index in [1.807, 2.05) is 12.1 Å². The Balaban J connectivity index is 1.96. The highest BCUT2D eigenvalue weighted by atomic mass is 35.5. The molecular weight excluding hydrogens is 293 g/mol. The van der Waals surface area contributed by atoms with Crippen LogP contribution < -0.4 is 10.1 Å². The third kappa shape index (κ3) is 3.25. The standard InChI is InChI=1S/C11H11Cl2N3OS/c1-17-9-10(13)15-6-16-11(9)14-5-4-7-2-3-8(12)18-7/h2-3,6H,4-5H2,1H3,(H,14,15,16). The van der Waals surface area contributed by atoms with Gasteiger partial charge in [-0.25, -0.2) is 9.97 Å². The zero-order chi connectivity index (χ0) is 13.0. The van der Waals surface area contributed by atoms with Crippen LogP contribution in [0.1, 0.15) is 4.88 Å². The van der Waals surface area contributed by atoms with Gasteiger partial charge >= 0.3 is 0 Å². The van der Waals surface area contributed by atoms with Crippen molar-refractivity contribution in [1.29, 1.82) is 0 Å². The number of anilines is 1. The molecule has 2 aromatic rings. The first kappa shape index (κ1) is 13.4. The Hall–Kier alpha value is -1.04. The second-order valence-corrected chi connectivity index (χ2v) is 5.59. The maximum absolute atomic E-state index is 5.90. The molecule has 1 N–H and O–H groups in total. The van der Waals surface area contributed by atoms with E-state index in [9.17, 15) is 0 Å². The highest BCUT2D eigenvalue weighted by Crippen LogP contribution is 2.28. The Kier molecular flexibility index (Phi) is 4.63. The Morgan fingerprint density at radius 1 is 1.33 bits per heavy atom. The number of nitrogens with zero attached hydrogens (tertiary/aromatic N) is 2. The average molecular weight is 304 g/mol. The van der Waals surface area contributed by atoms with Gasteiger partial charge in [0, 0.05) is 11.4 Å². The number of halogens is 2. The predicted octanol–water partition coefficient (Wildman–Crippen LogP) is 3.51. The van der Waals surface area contributed by atoms with Gasteiger partial charge in [-0.3, -0.25) is 0 Å². The minimum Gasteiger partial charge on any atom is -0.490 e. The molecule has 2 rings (SSSR count). The van der Waals surface area contributed by atoms with Gasteiger partial charge in [0.05, 0.1) is 11.4 Å². The van der Waals surface area contributed by atoms with Crippen molar-refractivity contribution in [2.45, 2.75) is 6.42 Å². The van der Waals surface area contributed by atoms with E-state index in [2.05, 4.69) is 15.3 Å². The average Bonchev–Trinajstić information content (AvgIpc) is 2.75. The van der Waals surface area contributed by atoms with Crippen LogP contribution in [-0.2, 0) is 6.42 Å². The van der Waals surface area contributed by atoms with Crippen LogP contribution in [0.15, 0.2) is 18.5 Å². The van der Waals surface area contributed by atoms with E-state index in [0.717, 1.165) is 17.3 Å². The van der Waals surface area contributed by atoms with E-state index in [1.54, 1.807) is 11.3 Å². The van der Waals surface area contributed by atoms with Gasteiger partial charge in [0.1, 0.15) is 6.33 Å². The summed E-state index contributed by atoms with van der Waals surface area (Å²) in [6.45, 7) is 0.723. The lowest BCUT2D eigenvalue weighted by molar-refractivity contribution is 0.413. The first-order valence-corrected chi connectivity index (χ1v) is 6.80. The van der Waals surface area contributed by atoms with Crippen LogP contribution in [0.2, 0.25) is 9.49 Å². The van der Waals surface area contributed by atoms with Crippen LogP contribution in [0.4, 0.5) is 5.82 Å². The molecule has 0 aliphatic heterocycles. The van der Waals surface area contributed by atoms with Crippen LogP contribution in [-0.4, -0.2) is 23.6 Å². The van der Waals surface area contributed by atoms with Gasteiger partial charge < -0.3 is 10.1 Å². The van der Waals surface area contributed by atoms with Gasteiger partial charge in [0.25, 0.3) is 0 Å². The molecule has 0 aromatic carbocycles. The highest BCUT2D eigenvalue weighted by molar-refractivity contribution is 7.16. The molecule has 0 unspecified atom stereocenters. The van der Waals surface area contributed by atoms with E-state index >= 15 is 0 Å². The van der Waals surface area contributed by atoms with E-state index < -0.39 is 0 Å². The smallest absolute Gasteiger partial charge is 0.198 e. The summed E-state index contributed by atoms with van der Waals surface area (Å²) in [5, 5.41) is 3.47. The molecular formula is C11H11Cl2N3OS. The number of hydrogen-bond donors (Lipinski definition) is 1. The zero-order valence-corrected chi connectivity index (χ0v) is 11.9. The quantitative estimate of drug-likeness (QED) is 0.859. The van der Waals surface area contributed by atoms with Crippen molar-refractivity contribution in [2.24, 2.45) is 0 Å². The fourth-order valence-corrected chi connectivity index (χ4v) is 2.75. The van der Waals surface area contributed by atoms with Crippen molar-refractivity contribution in [3.05, 3.63) is 32.8 Å². The molecule has 0 bridgehead atoms. The van der Waals surface area contributed by atoms with Gasteiger partial charge in [0.2, 0.25) is 0 Å². The molecule has 2 heterocycles. The van der Waals surface area contributed by atoms with Crippen LogP contribution in [0.3, 0.4) is 0 Å². The number of rotatable bonds is 5. The van der Waals surface area contributed by atoms with Gasteiger partial charge in [-0.1, -0.05) is 23.2 Å². The lowest BCUT2D eigenvalue weighted by Gasteiger charge is -2.09. The van der Waals surface area contributed by atoms with Crippen LogP contribution >= 0.6 is 34.5 Å². The first-order valence-electron chi connectivity index (χ1n) is 5.23. The summed E-state index contributed by atoms with van der Waals surface area (Å²) < 4.78 is 5.94. The van der Waals surface area contributed by atoms with E-state index in [4.69, 9.17) is 27.9 Å². The summed E-state index contributed by atoms with van der Waals surface area (Å²) in [6, 6.07) is 3.91. The van der Waals surface area contributed by atoms with E-state index in [-0.39, 0.29) is 0 Å². The maximum atomic E-state index is 5.90. The Morgan fingerprint density at radius 3 is 2.83 bits per heavy atom. The number of aromatic nitrogens is 2. The van der Waals surface area contributed by atoms with Gasteiger partial charge in [-0.05, 0) is 18.6 Å². The number of hydrogen-bond acceptors (Lipinski definition) is 5. The van der Waals surface area contributed by atoms with Gasteiger partial charge in [0.15, 0.2) is 16.7 Å². The summed E-state index contributed by atoms with van der Waals surface area (Å²) in [7, 11) is 1.54. The number of methoxy groups -OCH3 is 1. The fraction of sp³-hybridized carbons (Fsp3) is 0.273. The summed E-state index contributed by atoms with van der Waals surface area (Å²) in [5.41, 5.74) is 0. The van der Waals surface area contributed by atoms with Crippen LogP contribution in [0.25, 0.3) is 0 Å². The minimum atomic E-state index is 0.300. The largest absolute Gasteiger partial charge is 0.490 e. The SMILES string of the molecule is COc1c(Cl)ncnc1NCCc1ccc(Cl)s1. The molecule has 18 heavy (non-hydrogen) atoms. The summed E-state index contributed by atoms with van der Waals surface area (Å²) in [5.74, 6) is 1.06. The lowest BCUT2D eigenvalue weighted by atomic mass is 10.3. The monoisotopic (exact) mass is 303 g/mol. The van der Waals surface area contributed by atoms with E-state index in [1.165, 1.54) is 18.3 Å². The second kappa shape index (κ2) is 6.22. The summed E-state index contributed by atoms with van der Waals surface area (Å²) in [4.78, 5) is 9.16. The molecule has 0 radical (unpaired) electrons. The van der Waals surface area contributed by atoms with E-state index in [0.29, 0.717) is 16.7 Å². The molecule has 2 aromatic heterocycles. The Bertz CT molecular complexity index is 533. The Labute approximate surface area is 119 Å². The molecule has 7 heteroatoms. The molecule has 4 nitrogen and oxygen atoms in total. The normalized spacial score (nSPS) is 10.4. The zero-order valence-electron chi connectivity index (χ0n) is 9.61. The third-order valence-corrected chi connectivity index (χ3v) is 3.82. The number of thiophene rings is 1. The van der Waals surface area contributed by atoms with Crippen LogP contribution in [0, 0.1) is 0 Å². The van der Waals surface area contributed by atoms with Crippen molar-refractivity contribution in [2.75, 3.05) is 19.0 Å². The van der Waals surface area contributed by atoms with Crippen LogP contribution in [0.5, 0.6) is 5.75 Å². The molecule has 96 valence electrons. The molecule has 0 atom stereocenters. The van der Waals surface area contributed by atoms with Crippen molar-refractivity contribution >= 4 is 40.4 Å². The highest BCUT2D eigenvalue weighted by Gasteiger charge is 2.09. The number of ether oxygens (including phenoxy) is 1. The molecule has 0 saturated carbocycles. The third-order valence-electron chi connectivity index (χ3n) is 2.26. The van der Waals surface area contributed by atoms with Crippen molar-refractivity contribution in [1.82, 2.24) is 9.97 Å². The number of nitrogens with one attached hydrogen (secondary N) is 1. The van der Waals surface area contributed by atoms with Gasteiger partial charge in [-0.15, -0.1) is 11.3 Å². The second-order valence-electron chi connectivity index (χ2n) is 3.43. The molecule has 0 spiro atoms. The molecule has 0 amide bonds. The molecule has 0 saturated heterocycles. The molecule has 0 fully saturated rings.